The molecular weight excluding hydrogens is 268 g/mol. The van der Waals surface area contributed by atoms with Crippen molar-refractivity contribution in [1.29, 1.82) is 0 Å². The van der Waals surface area contributed by atoms with Crippen LogP contribution in [0.25, 0.3) is 0 Å². The minimum absolute atomic E-state index is 0.0896. The van der Waals surface area contributed by atoms with E-state index >= 15 is 0 Å². The van der Waals surface area contributed by atoms with Crippen molar-refractivity contribution in [2.75, 3.05) is 5.32 Å². The van der Waals surface area contributed by atoms with E-state index in [0.29, 0.717) is 10.6 Å². The lowest BCUT2D eigenvalue weighted by molar-refractivity contribution is -0.114. The monoisotopic (exact) mass is 278 g/mol. The molecule has 98 valence electrons. The van der Waals surface area contributed by atoms with Gasteiger partial charge in [0, 0.05) is 18.9 Å². The summed E-state index contributed by atoms with van der Waals surface area (Å²) in [6.07, 6.45) is 3.06. The van der Waals surface area contributed by atoms with E-state index in [1.807, 2.05) is 0 Å². The summed E-state index contributed by atoms with van der Waals surface area (Å²) in [5, 5.41) is 19.2. The number of carboxylic acid groups (broad SMARTS) is 1. The maximum Gasteiger partial charge on any atom is 0.336 e. The molecule has 0 atom stereocenters. The number of aromatic carboxylic acids is 1. The van der Waals surface area contributed by atoms with Crippen LogP contribution in [0.15, 0.2) is 35.5 Å². The third-order valence-corrected chi connectivity index (χ3v) is 3.15. The number of amides is 1. The summed E-state index contributed by atoms with van der Waals surface area (Å²) in [4.78, 5) is 22.8. The molecule has 0 radical (unpaired) electrons. The van der Waals surface area contributed by atoms with Crippen molar-refractivity contribution in [3.05, 3.63) is 36.2 Å². The maximum atomic E-state index is 11.2. The summed E-state index contributed by atoms with van der Waals surface area (Å²) in [5.74, 6) is -1.35. The molecule has 2 aromatic rings. The van der Waals surface area contributed by atoms with Crippen molar-refractivity contribution in [3.63, 3.8) is 0 Å². The van der Waals surface area contributed by atoms with Crippen molar-refractivity contribution in [2.24, 2.45) is 0 Å². The zero-order chi connectivity index (χ0) is 13.8. The Kier molecular flexibility index (Phi) is 3.81. The predicted molar refractivity (Wildman–Crippen MR) is 69.0 cm³/mol. The number of rotatable bonds is 4. The second-order valence-corrected chi connectivity index (χ2v) is 4.53. The van der Waals surface area contributed by atoms with Gasteiger partial charge in [-0.3, -0.25) is 4.79 Å². The number of carbonyl (C=O) groups excluding carboxylic acids is 1. The van der Waals surface area contributed by atoms with Crippen LogP contribution in [0.3, 0.4) is 0 Å². The minimum atomic E-state index is -1.07. The minimum Gasteiger partial charge on any atom is -0.478 e. The maximum absolute atomic E-state index is 11.2. The molecule has 7 nitrogen and oxygen atoms in total. The number of anilines is 1. The van der Waals surface area contributed by atoms with Gasteiger partial charge in [-0.25, -0.2) is 4.79 Å². The molecule has 8 heteroatoms. The van der Waals surface area contributed by atoms with E-state index in [0.717, 1.165) is 11.9 Å². The number of aromatic nitrogens is 3. The van der Waals surface area contributed by atoms with Gasteiger partial charge in [0.2, 0.25) is 5.91 Å². The first-order chi connectivity index (χ1) is 9.08. The molecule has 1 heterocycles. The van der Waals surface area contributed by atoms with Gasteiger partial charge < -0.3 is 10.4 Å². The fraction of sp³-hybridized carbons (Fsp3) is 0.0909. The van der Waals surface area contributed by atoms with Crippen LogP contribution in [0.5, 0.6) is 0 Å². The molecule has 1 amide bonds. The quantitative estimate of drug-likeness (QED) is 0.879. The van der Waals surface area contributed by atoms with Gasteiger partial charge >= 0.3 is 5.97 Å². The molecule has 2 rings (SSSR count). The zero-order valence-corrected chi connectivity index (χ0v) is 10.7. The normalized spacial score (nSPS) is 10.2. The highest BCUT2D eigenvalue weighted by Gasteiger charge is 2.16. The number of carbonyl (C=O) groups is 2. The van der Waals surface area contributed by atoms with E-state index in [1.165, 1.54) is 23.3 Å². The Bertz CT molecular complexity index is 612. The van der Waals surface area contributed by atoms with Crippen molar-refractivity contribution in [1.82, 2.24) is 14.4 Å². The average molecular weight is 278 g/mol. The summed E-state index contributed by atoms with van der Waals surface area (Å²) in [6.45, 7) is 1.36. The zero-order valence-electron chi connectivity index (χ0n) is 9.90. The van der Waals surface area contributed by atoms with Crippen molar-refractivity contribution < 1.29 is 14.7 Å². The molecule has 0 aliphatic carbocycles. The van der Waals surface area contributed by atoms with Crippen LogP contribution in [0.4, 0.5) is 5.69 Å². The Balaban J connectivity index is 2.45. The first-order valence-corrected chi connectivity index (χ1v) is 6.04. The standard InChI is InChI=1S/C11H10N4O3S/c1-7(16)13-9-4-2-3-8(11(17)18)10(9)19-15-6-5-12-14-15/h2-6H,1H3,(H,13,16)(H,17,18). The Morgan fingerprint density at radius 2 is 2.21 bits per heavy atom. The molecular formula is C11H10N4O3S. The molecule has 0 fully saturated rings. The fourth-order valence-electron chi connectivity index (χ4n) is 1.43. The van der Waals surface area contributed by atoms with E-state index in [-0.39, 0.29) is 11.5 Å². The first kappa shape index (κ1) is 13.1. The van der Waals surface area contributed by atoms with Crippen LogP contribution in [-0.2, 0) is 4.79 Å². The van der Waals surface area contributed by atoms with E-state index in [4.69, 9.17) is 0 Å². The molecule has 0 aliphatic rings. The molecule has 0 saturated heterocycles. The average Bonchev–Trinajstić information content (AvgIpc) is 2.83. The summed E-state index contributed by atoms with van der Waals surface area (Å²) in [5.41, 5.74) is 0.514. The van der Waals surface area contributed by atoms with Gasteiger partial charge in [0.05, 0.1) is 28.5 Å². The summed E-state index contributed by atoms with van der Waals surface area (Å²) >= 11 is 1.07. The topological polar surface area (TPSA) is 97.1 Å². The molecule has 0 spiro atoms. The number of hydrogen-bond acceptors (Lipinski definition) is 5. The van der Waals surface area contributed by atoms with Crippen LogP contribution in [0, 0.1) is 0 Å². The van der Waals surface area contributed by atoms with Gasteiger partial charge in [-0.1, -0.05) is 11.3 Å². The molecule has 19 heavy (non-hydrogen) atoms. The summed E-state index contributed by atoms with van der Waals surface area (Å²) < 4.78 is 1.41. The number of nitrogens with one attached hydrogen (secondary N) is 1. The smallest absolute Gasteiger partial charge is 0.336 e. The molecule has 1 aromatic heterocycles. The lowest BCUT2D eigenvalue weighted by atomic mass is 10.2. The number of hydrogen-bond donors (Lipinski definition) is 2. The van der Waals surface area contributed by atoms with Gasteiger partial charge in [0.15, 0.2) is 0 Å². The highest BCUT2D eigenvalue weighted by molar-refractivity contribution is 7.98. The van der Waals surface area contributed by atoms with E-state index in [2.05, 4.69) is 15.6 Å². The predicted octanol–water partition coefficient (Wildman–Crippen LogP) is 1.49. The Labute approximate surface area is 112 Å². The van der Waals surface area contributed by atoms with Gasteiger partial charge in [-0.05, 0) is 12.1 Å². The second-order valence-electron chi connectivity index (χ2n) is 3.57. The third-order valence-electron chi connectivity index (χ3n) is 2.14. The molecule has 2 N–H and O–H groups in total. The van der Waals surface area contributed by atoms with Gasteiger partial charge in [-0.15, -0.1) is 5.10 Å². The largest absolute Gasteiger partial charge is 0.478 e. The first-order valence-electron chi connectivity index (χ1n) is 5.26. The number of carboxylic acids is 1. The molecule has 1 aromatic carbocycles. The van der Waals surface area contributed by atoms with Gasteiger partial charge in [0.1, 0.15) is 0 Å². The van der Waals surface area contributed by atoms with Crippen LogP contribution in [-0.4, -0.2) is 31.4 Å². The summed E-state index contributed by atoms with van der Waals surface area (Å²) in [6, 6.07) is 4.67. The number of benzene rings is 1. The van der Waals surface area contributed by atoms with Crippen molar-refractivity contribution in [2.45, 2.75) is 11.8 Å². The van der Waals surface area contributed by atoms with Crippen LogP contribution < -0.4 is 5.32 Å². The van der Waals surface area contributed by atoms with Gasteiger partial charge in [0.25, 0.3) is 0 Å². The molecule has 0 unspecified atom stereocenters. The van der Waals surface area contributed by atoms with Crippen LogP contribution >= 0.6 is 11.9 Å². The highest BCUT2D eigenvalue weighted by atomic mass is 32.2. The van der Waals surface area contributed by atoms with Crippen LogP contribution in [0.2, 0.25) is 0 Å². The Hall–Kier alpha value is -2.35. The molecule has 0 aliphatic heterocycles. The van der Waals surface area contributed by atoms with Crippen molar-refractivity contribution >= 4 is 29.5 Å². The van der Waals surface area contributed by atoms with E-state index < -0.39 is 5.97 Å². The second kappa shape index (κ2) is 5.53. The van der Waals surface area contributed by atoms with Gasteiger partial charge in [-0.2, -0.15) is 4.09 Å². The molecule has 0 saturated carbocycles. The SMILES string of the molecule is CC(=O)Nc1cccc(C(=O)O)c1Sn1ccnn1. The lowest BCUT2D eigenvalue weighted by Crippen LogP contribution is -2.10. The van der Waals surface area contributed by atoms with Crippen molar-refractivity contribution in [3.8, 4) is 0 Å². The third kappa shape index (κ3) is 3.10. The summed E-state index contributed by atoms with van der Waals surface area (Å²) in [7, 11) is 0. The molecule has 0 bridgehead atoms. The fourth-order valence-corrected chi connectivity index (χ4v) is 2.28. The van der Waals surface area contributed by atoms with Crippen LogP contribution in [0.1, 0.15) is 17.3 Å². The highest BCUT2D eigenvalue weighted by Crippen LogP contribution is 2.31. The van der Waals surface area contributed by atoms with E-state index in [1.54, 1.807) is 18.3 Å². The lowest BCUT2D eigenvalue weighted by Gasteiger charge is -2.11. The Morgan fingerprint density at radius 1 is 1.42 bits per heavy atom. The van der Waals surface area contributed by atoms with E-state index in [9.17, 15) is 14.7 Å². The number of nitrogens with zero attached hydrogens (tertiary/aromatic N) is 3. The Morgan fingerprint density at radius 3 is 2.79 bits per heavy atom.